The smallest absolute Gasteiger partial charge is 0.305 e. The standard InChI is InChI=1S/C9H18N2O3/c1-3-7(10)9(13)11-6-4-5-8(12)14-2/h7H,3-6,10H2,1-2H3,(H,11,13)/t7-/m1/s1. The lowest BCUT2D eigenvalue weighted by Crippen LogP contribution is -2.40. The summed E-state index contributed by atoms with van der Waals surface area (Å²) < 4.78 is 4.45. The lowest BCUT2D eigenvalue weighted by atomic mass is 10.2. The Morgan fingerprint density at radius 1 is 1.50 bits per heavy atom. The van der Waals surface area contributed by atoms with Gasteiger partial charge in [-0.15, -0.1) is 0 Å². The Morgan fingerprint density at radius 3 is 2.64 bits per heavy atom. The van der Waals surface area contributed by atoms with Crippen LogP contribution < -0.4 is 11.1 Å². The van der Waals surface area contributed by atoms with Crippen LogP contribution >= 0.6 is 0 Å². The van der Waals surface area contributed by atoms with E-state index in [-0.39, 0.29) is 11.9 Å². The first-order chi connectivity index (χ1) is 6.61. The first-order valence-corrected chi connectivity index (χ1v) is 4.72. The number of carbonyl (C=O) groups excluding carboxylic acids is 2. The normalized spacial score (nSPS) is 11.9. The topological polar surface area (TPSA) is 81.4 Å². The minimum atomic E-state index is -0.451. The van der Waals surface area contributed by atoms with Gasteiger partial charge >= 0.3 is 5.97 Å². The van der Waals surface area contributed by atoms with Crippen molar-refractivity contribution in [1.82, 2.24) is 5.32 Å². The van der Waals surface area contributed by atoms with E-state index < -0.39 is 6.04 Å². The number of methoxy groups -OCH3 is 1. The lowest BCUT2D eigenvalue weighted by Gasteiger charge is -2.09. The van der Waals surface area contributed by atoms with Gasteiger partial charge in [-0.25, -0.2) is 0 Å². The van der Waals surface area contributed by atoms with Crippen molar-refractivity contribution in [3.8, 4) is 0 Å². The van der Waals surface area contributed by atoms with Gasteiger partial charge in [-0.05, 0) is 12.8 Å². The van der Waals surface area contributed by atoms with Gasteiger partial charge in [0, 0.05) is 13.0 Å². The fourth-order valence-electron chi connectivity index (χ4n) is 0.863. The second kappa shape index (κ2) is 7.32. The van der Waals surface area contributed by atoms with Gasteiger partial charge in [-0.2, -0.15) is 0 Å². The van der Waals surface area contributed by atoms with Crippen LogP contribution in [0.3, 0.4) is 0 Å². The minimum Gasteiger partial charge on any atom is -0.469 e. The van der Waals surface area contributed by atoms with Crippen molar-refractivity contribution >= 4 is 11.9 Å². The van der Waals surface area contributed by atoms with E-state index in [1.165, 1.54) is 7.11 Å². The molecule has 14 heavy (non-hydrogen) atoms. The summed E-state index contributed by atoms with van der Waals surface area (Å²) in [5, 5.41) is 2.64. The lowest BCUT2D eigenvalue weighted by molar-refractivity contribution is -0.140. The maximum atomic E-state index is 11.1. The van der Waals surface area contributed by atoms with Gasteiger partial charge in [0.05, 0.1) is 13.2 Å². The van der Waals surface area contributed by atoms with Crippen LogP contribution in [0, 0.1) is 0 Å². The molecule has 0 fully saturated rings. The van der Waals surface area contributed by atoms with Crippen LogP contribution in [0.15, 0.2) is 0 Å². The zero-order chi connectivity index (χ0) is 11.0. The first-order valence-electron chi connectivity index (χ1n) is 4.72. The number of ether oxygens (including phenoxy) is 1. The molecule has 5 nitrogen and oxygen atoms in total. The van der Waals surface area contributed by atoms with E-state index in [1.54, 1.807) is 0 Å². The number of amides is 1. The molecule has 0 rings (SSSR count). The van der Waals surface area contributed by atoms with Gasteiger partial charge in [-0.3, -0.25) is 9.59 Å². The summed E-state index contributed by atoms with van der Waals surface area (Å²) in [5.74, 6) is -0.434. The molecule has 82 valence electrons. The molecule has 0 bridgehead atoms. The van der Waals surface area contributed by atoms with Crippen LogP contribution in [0.25, 0.3) is 0 Å². The highest BCUT2D eigenvalue weighted by Crippen LogP contribution is 1.91. The third-order valence-corrected chi connectivity index (χ3v) is 1.86. The van der Waals surface area contributed by atoms with Crippen molar-refractivity contribution in [3.05, 3.63) is 0 Å². The Labute approximate surface area is 84.0 Å². The number of esters is 1. The number of rotatable bonds is 6. The second-order valence-electron chi connectivity index (χ2n) is 2.99. The third kappa shape index (κ3) is 5.53. The minimum absolute atomic E-state index is 0.169. The molecular weight excluding hydrogens is 184 g/mol. The molecule has 0 unspecified atom stereocenters. The predicted octanol–water partition coefficient (Wildman–Crippen LogP) is -0.207. The monoisotopic (exact) mass is 202 g/mol. The van der Waals surface area contributed by atoms with Gasteiger partial charge in [0.15, 0.2) is 0 Å². The van der Waals surface area contributed by atoms with Crippen molar-refractivity contribution in [2.75, 3.05) is 13.7 Å². The molecule has 3 N–H and O–H groups in total. The van der Waals surface area contributed by atoms with E-state index in [4.69, 9.17) is 5.73 Å². The molecule has 0 saturated heterocycles. The number of nitrogens with two attached hydrogens (primary N) is 1. The molecule has 1 amide bonds. The molecule has 0 aliphatic rings. The number of hydrogen-bond donors (Lipinski definition) is 2. The molecule has 0 aromatic heterocycles. The molecule has 0 saturated carbocycles. The largest absolute Gasteiger partial charge is 0.469 e. The number of hydrogen-bond acceptors (Lipinski definition) is 4. The summed E-state index contributed by atoms with van der Waals surface area (Å²) in [6.07, 6.45) is 1.51. The van der Waals surface area contributed by atoms with Crippen LogP contribution in [0.4, 0.5) is 0 Å². The SMILES string of the molecule is CC[C@@H](N)C(=O)NCCCC(=O)OC. The van der Waals surface area contributed by atoms with E-state index in [2.05, 4.69) is 10.1 Å². The van der Waals surface area contributed by atoms with Crippen LogP contribution in [0.1, 0.15) is 26.2 Å². The quantitative estimate of drug-likeness (QED) is 0.461. The fourth-order valence-corrected chi connectivity index (χ4v) is 0.863. The summed E-state index contributed by atoms with van der Waals surface area (Å²) in [4.78, 5) is 21.8. The summed E-state index contributed by atoms with van der Waals surface area (Å²) in [6, 6.07) is -0.451. The molecule has 0 radical (unpaired) electrons. The average molecular weight is 202 g/mol. The van der Waals surface area contributed by atoms with Gasteiger partial charge in [0.25, 0.3) is 0 Å². The van der Waals surface area contributed by atoms with Gasteiger partial charge < -0.3 is 15.8 Å². The number of nitrogens with one attached hydrogen (secondary N) is 1. The van der Waals surface area contributed by atoms with Crippen molar-refractivity contribution in [3.63, 3.8) is 0 Å². The van der Waals surface area contributed by atoms with Gasteiger partial charge in [0.1, 0.15) is 0 Å². The van der Waals surface area contributed by atoms with Crippen LogP contribution in [0.2, 0.25) is 0 Å². The Balaban J connectivity index is 3.45. The van der Waals surface area contributed by atoms with E-state index >= 15 is 0 Å². The highest BCUT2D eigenvalue weighted by molar-refractivity contribution is 5.81. The molecule has 0 aliphatic heterocycles. The zero-order valence-corrected chi connectivity index (χ0v) is 8.71. The average Bonchev–Trinajstić information content (AvgIpc) is 2.22. The van der Waals surface area contributed by atoms with Crippen molar-refractivity contribution < 1.29 is 14.3 Å². The molecule has 1 atom stereocenters. The van der Waals surface area contributed by atoms with Crippen LogP contribution in [0.5, 0.6) is 0 Å². The second-order valence-corrected chi connectivity index (χ2v) is 2.99. The zero-order valence-electron chi connectivity index (χ0n) is 8.71. The molecule has 0 aliphatic carbocycles. The van der Waals surface area contributed by atoms with Crippen LogP contribution in [-0.2, 0) is 14.3 Å². The molecule has 5 heteroatoms. The first kappa shape index (κ1) is 12.9. The van der Waals surface area contributed by atoms with E-state index in [1.807, 2.05) is 6.92 Å². The molecule has 0 aromatic carbocycles. The Morgan fingerprint density at radius 2 is 2.14 bits per heavy atom. The molecular formula is C9H18N2O3. The maximum absolute atomic E-state index is 11.1. The Hall–Kier alpha value is -1.10. The summed E-state index contributed by atoms with van der Waals surface area (Å²) in [6.45, 7) is 2.31. The van der Waals surface area contributed by atoms with Crippen LogP contribution in [-0.4, -0.2) is 31.6 Å². The third-order valence-electron chi connectivity index (χ3n) is 1.86. The van der Waals surface area contributed by atoms with E-state index in [0.29, 0.717) is 25.8 Å². The summed E-state index contributed by atoms with van der Waals surface area (Å²) in [5.41, 5.74) is 5.48. The Bertz CT molecular complexity index is 194. The predicted molar refractivity (Wildman–Crippen MR) is 52.5 cm³/mol. The van der Waals surface area contributed by atoms with Gasteiger partial charge in [-0.1, -0.05) is 6.92 Å². The Kier molecular flexibility index (Phi) is 6.74. The van der Waals surface area contributed by atoms with E-state index in [9.17, 15) is 9.59 Å². The van der Waals surface area contributed by atoms with Crippen molar-refractivity contribution in [2.45, 2.75) is 32.2 Å². The molecule has 0 heterocycles. The number of carbonyl (C=O) groups is 2. The highest BCUT2D eigenvalue weighted by Gasteiger charge is 2.09. The van der Waals surface area contributed by atoms with Crippen molar-refractivity contribution in [2.24, 2.45) is 5.73 Å². The fraction of sp³-hybridized carbons (Fsp3) is 0.778. The highest BCUT2D eigenvalue weighted by atomic mass is 16.5. The maximum Gasteiger partial charge on any atom is 0.305 e. The van der Waals surface area contributed by atoms with Gasteiger partial charge in [0.2, 0.25) is 5.91 Å². The molecule has 0 spiro atoms. The molecule has 0 aromatic rings. The summed E-state index contributed by atoms with van der Waals surface area (Å²) >= 11 is 0. The summed E-state index contributed by atoms with van der Waals surface area (Å²) in [7, 11) is 1.34. The van der Waals surface area contributed by atoms with Crippen molar-refractivity contribution in [1.29, 1.82) is 0 Å². The van der Waals surface area contributed by atoms with E-state index in [0.717, 1.165) is 0 Å².